The molecule has 0 N–H and O–H groups in total. The molecule has 23 heavy (non-hydrogen) atoms. The van der Waals surface area contributed by atoms with Gasteiger partial charge in [-0.1, -0.05) is 12.1 Å². The number of aryl methyl sites for hydroxylation is 1. The number of hydrogen-bond donors (Lipinski definition) is 0. The van der Waals surface area contributed by atoms with E-state index in [0.29, 0.717) is 18.4 Å². The third-order valence-corrected chi connectivity index (χ3v) is 5.58. The van der Waals surface area contributed by atoms with Crippen molar-refractivity contribution >= 4 is 21.4 Å². The maximum atomic E-state index is 14.1. The van der Waals surface area contributed by atoms with E-state index in [0.717, 1.165) is 16.4 Å². The number of hydrogen-bond acceptors (Lipinski definition) is 4. The summed E-state index contributed by atoms with van der Waals surface area (Å²) in [5.41, 5.74) is 0.507. The molecule has 0 fully saturated rings. The minimum atomic E-state index is -3.97. The fourth-order valence-corrected chi connectivity index (χ4v) is 4.22. The summed E-state index contributed by atoms with van der Waals surface area (Å²) in [4.78, 5) is 9.97. The van der Waals surface area contributed by atoms with Crippen LogP contribution in [0.5, 0.6) is 0 Å². The number of sulfonamides is 1. The number of benzene rings is 2. The first-order valence-electron chi connectivity index (χ1n) is 6.96. The third kappa shape index (κ3) is 2.65. The molecule has 0 saturated carbocycles. The fourth-order valence-electron chi connectivity index (χ4n) is 2.67. The summed E-state index contributed by atoms with van der Waals surface area (Å²) in [7, 11) is -3.97. The van der Waals surface area contributed by atoms with Crippen molar-refractivity contribution in [3.63, 3.8) is 0 Å². The van der Waals surface area contributed by atoms with Gasteiger partial charge in [-0.15, -0.1) is 0 Å². The van der Waals surface area contributed by atoms with Gasteiger partial charge in [0.15, 0.2) is 0 Å². The molecule has 6 nitrogen and oxygen atoms in total. The molecule has 8 heteroatoms. The van der Waals surface area contributed by atoms with Crippen molar-refractivity contribution in [2.24, 2.45) is 0 Å². The van der Waals surface area contributed by atoms with Crippen LogP contribution in [0.2, 0.25) is 0 Å². The van der Waals surface area contributed by atoms with Crippen LogP contribution in [0.25, 0.3) is 0 Å². The number of nitrogens with zero attached hydrogens (tertiary/aromatic N) is 2. The van der Waals surface area contributed by atoms with Crippen LogP contribution >= 0.6 is 0 Å². The number of fused-ring (bicyclic) bond motifs is 1. The Bertz CT molecular complexity index is 866. The highest BCUT2D eigenvalue weighted by molar-refractivity contribution is 7.92. The average molecular weight is 336 g/mol. The Balaban J connectivity index is 2.06. The molecular weight excluding hydrogens is 323 g/mol. The molecule has 1 heterocycles. The lowest BCUT2D eigenvalue weighted by atomic mass is 10.0. The first-order chi connectivity index (χ1) is 10.9. The van der Waals surface area contributed by atoms with Crippen molar-refractivity contribution in [3.8, 4) is 0 Å². The van der Waals surface area contributed by atoms with Crippen molar-refractivity contribution in [1.82, 2.24) is 0 Å². The summed E-state index contributed by atoms with van der Waals surface area (Å²) < 4.78 is 40.7. The molecule has 2 aromatic carbocycles. The van der Waals surface area contributed by atoms with E-state index >= 15 is 0 Å². The van der Waals surface area contributed by atoms with Gasteiger partial charge in [0, 0.05) is 18.7 Å². The average Bonchev–Trinajstić information content (AvgIpc) is 2.54. The highest BCUT2D eigenvalue weighted by atomic mass is 32.2. The Hall–Kier alpha value is -2.48. The lowest BCUT2D eigenvalue weighted by molar-refractivity contribution is -0.384. The van der Waals surface area contributed by atoms with Crippen molar-refractivity contribution < 1.29 is 17.7 Å². The van der Waals surface area contributed by atoms with Gasteiger partial charge in [0.05, 0.1) is 15.5 Å². The lowest BCUT2D eigenvalue weighted by Crippen LogP contribution is -2.36. The molecule has 120 valence electrons. The Labute approximate surface area is 132 Å². The summed E-state index contributed by atoms with van der Waals surface area (Å²) in [6.45, 7) is 0.174. The van der Waals surface area contributed by atoms with E-state index in [4.69, 9.17) is 0 Å². The number of para-hydroxylation sites is 1. The molecule has 0 saturated heterocycles. The largest absolute Gasteiger partial charge is 0.269 e. The molecule has 1 aliphatic heterocycles. The normalized spacial score (nSPS) is 14.4. The van der Waals surface area contributed by atoms with Gasteiger partial charge < -0.3 is 0 Å². The van der Waals surface area contributed by atoms with Crippen molar-refractivity contribution in [1.29, 1.82) is 0 Å². The first-order valence-corrected chi connectivity index (χ1v) is 8.40. The zero-order valence-electron chi connectivity index (χ0n) is 12.0. The van der Waals surface area contributed by atoms with Crippen molar-refractivity contribution in [3.05, 3.63) is 64.0 Å². The molecule has 0 radical (unpaired) electrons. The zero-order chi connectivity index (χ0) is 16.6. The second-order valence-electron chi connectivity index (χ2n) is 5.18. The molecule has 0 atom stereocenters. The standard InChI is InChI=1S/C15H13FN2O4S/c16-14-5-1-3-11-4-2-10-17(15(11)14)23(21,22)13-8-6-12(7-9-13)18(19)20/h1,3,5-9H,2,4,10H2. The zero-order valence-corrected chi connectivity index (χ0v) is 12.8. The lowest BCUT2D eigenvalue weighted by Gasteiger charge is -2.30. The summed E-state index contributed by atoms with van der Waals surface area (Å²) in [6, 6.07) is 9.07. The number of nitro benzene ring substituents is 1. The Morgan fingerprint density at radius 3 is 2.48 bits per heavy atom. The SMILES string of the molecule is O=[N+]([O-])c1ccc(S(=O)(=O)N2CCCc3cccc(F)c32)cc1. The van der Waals surface area contributed by atoms with Crippen LogP contribution in [-0.4, -0.2) is 19.9 Å². The third-order valence-electron chi connectivity index (χ3n) is 3.76. The molecule has 0 spiro atoms. The monoisotopic (exact) mass is 336 g/mol. The quantitative estimate of drug-likeness (QED) is 0.637. The van der Waals surface area contributed by atoms with Gasteiger partial charge in [-0.3, -0.25) is 14.4 Å². The topological polar surface area (TPSA) is 80.5 Å². The summed E-state index contributed by atoms with van der Waals surface area (Å²) in [5.74, 6) is -0.590. The molecule has 3 rings (SSSR count). The van der Waals surface area contributed by atoms with E-state index in [9.17, 15) is 22.9 Å². The molecular formula is C15H13FN2O4S. The Morgan fingerprint density at radius 2 is 1.83 bits per heavy atom. The van der Waals surface area contributed by atoms with Crippen LogP contribution in [0.4, 0.5) is 15.8 Å². The molecule has 0 aliphatic carbocycles. The van der Waals surface area contributed by atoms with Crippen LogP contribution in [-0.2, 0) is 16.4 Å². The van der Waals surface area contributed by atoms with Crippen LogP contribution in [0.15, 0.2) is 47.4 Å². The number of anilines is 1. The van der Waals surface area contributed by atoms with E-state index < -0.39 is 20.8 Å². The smallest absolute Gasteiger partial charge is 0.263 e. The number of halogens is 1. The number of non-ortho nitro benzene ring substituents is 1. The van der Waals surface area contributed by atoms with Gasteiger partial charge in [0.2, 0.25) is 0 Å². The molecule has 0 aromatic heterocycles. The maximum absolute atomic E-state index is 14.1. The van der Waals surface area contributed by atoms with Crippen LogP contribution in [0.1, 0.15) is 12.0 Å². The van der Waals surface area contributed by atoms with Crippen molar-refractivity contribution in [2.45, 2.75) is 17.7 Å². The highest BCUT2D eigenvalue weighted by Crippen LogP contribution is 2.34. The molecule has 0 amide bonds. The predicted molar refractivity (Wildman–Crippen MR) is 82.3 cm³/mol. The summed E-state index contributed by atoms with van der Waals surface area (Å²) >= 11 is 0. The van der Waals surface area contributed by atoms with Gasteiger partial charge in [0.1, 0.15) is 5.82 Å². The van der Waals surface area contributed by atoms with Gasteiger partial charge in [-0.2, -0.15) is 0 Å². The Morgan fingerprint density at radius 1 is 1.13 bits per heavy atom. The van der Waals surface area contributed by atoms with Crippen LogP contribution in [0.3, 0.4) is 0 Å². The van der Waals surface area contributed by atoms with Gasteiger partial charge in [-0.25, -0.2) is 12.8 Å². The predicted octanol–water partition coefficient (Wildman–Crippen LogP) is 2.88. The van der Waals surface area contributed by atoms with Gasteiger partial charge >= 0.3 is 0 Å². The van der Waals surface area contributed by atoms with Gasteiger partial charge in [-0.05, 0) is 36.6 Å². The van der Waals surface area contributed by atoms with Gasteiger partial charge in [0.25, 0.3) is 15.7 Å². The minimum Gasteiger partial charge on any atom is -0.263 e. The first kappa shape index (κ1) is 15.4. The van der Waals surface area contributed by atoms with E-state index in [2.05, 4.69) is 0 Å². The second kappa shape index (κ2) is 5.62. The molecule has 0 unspecified atom stereocenters. The van der Waals surface area contributed by atoms with Crippen molar-refractivity contribution in [2.75, 3.05) is 10.8 Å². The number of nitro groups is 1. The molecule has 1 aliphatic rings. The molecule has 0 bridgehead atoms. The van der Waals surface area contributed by atoms with E-state index in [1.807, 2.05) is 0 Å². The second-order valence-corrected chi connectivity index (χ2v) is 7.04. The summed E-state index contributed by atoms with van der Waals surface area (Å²) in [5, 5.41) is 10.7. The maximum Gasteiger partial charge on any atom is 0.269 e. The number of rotatable bonds is 3. The molecule has 2 aromatic rings. The van der Waals surface area contributed by atoms with Crippen LogP contribution in [0, 0.1) is 15.9 Å². The fraction of sp³-hybridized carbons (Fsp3) is 0.200. The summed E-state index contributed by atoms with van der Waals surface area (Å²) in [6.07, 6.45) is 1.20. The minimum absolute atomic E-state index is 0.0668. The van der Waals surface area contributed by atoms with E-state index in [1.165, 1.54) is 18.2 Å². The van der Waals surface area contributed by atoms with E-state index in [1.54, 1.807) is 12.1 Å². The van der Waals surface area contributed by atoms with Crippen LogP contribution < -0.4 is 4.31 Å². The highest BCUT2D eigenvalue weighted by Gasteiger charge is 2.31. The van der Waals surface area contributed by atoms with E-state index in [-0.39, 0.29) is 22.8 Å². The Kier molecular flexibility index (Phi) is 3.77.